The second-order valence-electron chi connectivity index (χ2n) is 2.49. The van der Waals surface area contributed by atoms with Gasteiger partial charge >= 0.3 is 0 Å². The Labute approximate surface area is 63.7 Å². The average Bonchev–Trinajstić information content (AvgIpc) is 1.95. The minimum atomic E-state index is -0.335. The highest BCUT2D eigenvalue weighted by Crippen LogP contribution is 2.05. The van der Waals surface area contributed by atoms with E-state index in [4.69, 9.17) is 0 Å². The summed E-state index contributed by atoms with van der Waals surface area (Å²) in [4.78, 5) is 0. The van der Waals surface area contributed by atoms with Gasteiger partial charge < -0.3 is 0 Å². The summed E-state index contributed by atoms with van der Waals surface area (Å²) in [6, 6.07) is 4.26. The molecule has 0 atom stereocenters. The Kier molecular flexibility index (Phi) is 2.17. The molecule has 1 aromatic rings. The van der Waals surface area contributed by atoms with Crippen molar-refractivity contribution in [2.45, 2.75) is 6.92 Å². The van der Waals surface area contributed by atoms with Crippen LogP contribution in [-0.4, -0.2) is 8.40 Å². The normalized spacial score (nSPS) is 9.40. The quantitative estimate of drug-likeness (QED) is 0.536. The van der Waals surface area contributed by atoms with E-state index in [9.17, 15) is 0 Å². The lowest BCUT2D eigenvalue weighted by Crippen LogP contribution is -1.98. The van der Waals surface area contributed by atoms with Crippen molar-refractivity contribution >= 4 is 14.5 Å². The standard InChI is InChI=1S/C9H12Si/c1-4-9-6-5-7-10(3)8(9)2/h4-7H,1H2,2-3H3. The summed E-state index contributed by atoms with van der Waals surface area (Å²) in [5.74, 6) is 0. The molecule has 0 aliphatic heterocycles. The summed E-state index contributed by atoms with van der Waals surface area (Å²) in [5.41, 5.74) is 3.62. The molecule has 0 spiro atoms. The van der Waals surface area contributed by atoms with Crippen molar-refractivity contribution in [2.75, 3.05) is 0 Å². The lowest BCUT2D eigenvalue weighted by Gasteiger charge is -2.01. The zero-order valence-electron chi connectivity index (χ0n) is 6.52. The van der Waals surface area contributed by atoms with Crippen LogP contribution in [0.1, 0.15) is 10.7 Å². The number of hydrogen-bond acceptors (Lipinski definition) is 0. The molecule has 0 aromatic carbocycles. The van der Waals surface area contributed by atoms with Crippen molar-refractivity contribution in [3.05, 3.63) is 35.1 Å². The van der Waals surface area contributed by atoms with E-state index in [0.29, 0.717) is 0 Å². The van der Waals surface area contributed by atoms with Crippen LogP contribution in [0.25, 0.3) is 6.08 Å². The molecule has 0 bridgehead atoms. The van der Waals surface area contributed by atoms with Gasteiger partial charge in [-0.15, -0.1) is 0 Å². The Morgan fingerprint density at radius 1 is 1.60 bits per heavy atom. The summed E-state index contributed by atoms with van der Waals surface area (Å²) in [6.07, 6.45) is 1.94. The molecule has 0 nitrogen and oxygen atoms in total. The molecule has 0 radical (unpaired) electrons. The summed E-state index contributed by atoms with van der Waals surface area (Å²) in [6.45, 7) is 8.26. The summed E-state index contributed by atoms with van der Waals surface area (Å²) in [7, 11) is -0.335. The maximum absolute atomic E-state index is 3.76. The first kappa shape index (κ1) is 7.41. The number of rotatable bonds is 1. The molecular formula is C9H12Si. The third kappa shape index (κ3) is 1.24. The predicted octanol–water partition coefficient (Wildman–Crippen LogP) is 2.20. The van der Waals surface area contributed by atoms with Gasteiger partial charge in [-0.25, -0.2) is 0 Å². The SMILES string of the molecule is C=Cc1ccc[si](C)c1C. The van der Waals surface area contributed by atoms with E-state index in [0.717, 1.165) is 0 Å². The Hall–Kier alpha value is -0.693. The topological polar surface area (TPSA) is 0 Å². The zero-order valence-corrected chi connectivity index (χ0v) is 7.52. The molecule has 0 saturated heterocycles. The molecule has 0 unspecified atom stereocenters. The van der Waals surface area contributed by atoms with Crippen LogP contribution < -0.4 is 0 Å². The van der Waals surface area contributed by atoms with Crippen molar-refractivity contribution in [1.29, 1.82) is 0 Å². The van der Waals surface area contributed by atoms with Crippen LogP contribution >= 0.6 is 0 Å². The summed E-state index contributed by atoms with van der Waals surface area (Å²) >= 11 is 0. The molecule has 0 saturated carbocycles. The van der Waals surface area contributed by atoms with Gasteiger partial charge in [-0.3, -0.25) is 0 Å². The molecule has 0 aliphatic rings. The second-order valence-corrected chi connectivity index (χ2v) is 4.94. The van der Waals surface area contributed by atoms with Crippen molar-refractivity contribution in [1.82, 2.24) is 0 Å². The van der Waals surface area contributed by atoms with E-state index >= 15 is 0 Å². The van der Waals surface area contributed by atoms with Gasteiger partial charge in [0, 0.05) is 8.40 Å². The first-order chi connectivity index (χ1) is 4.75. The zero-order chi connectivity index (χ0) is 7.56. The predicted molar refractivity (Wildman–Crippen MR) is 48.2 cm³/mol. The highest BCUT2D eigenvalue weighted by Gasteiger charge is 1.94. The maximum atomic E-state index is 3.76. The molecule has 52 valence electrons. The van der Waals surface area contributed by atoms with Gasteiger partial charge in [-0.05, 0) is 12.5 Å². The highest BCUT2D eigenvalue weighted by molar-refractivity contribution is 6.50. The summed E-state index contributed by atoms with van der Waals surface area (Å²) in [5, 5.41) is 1.52. The van der Waals surface area contributed by atoms with Crippen LogP contribution in [0.3, 0.4) is 0 Å². The van der Waals surface area contributed by atoms with Crippen LogP contribution in [0, 0.1) is 6.92 Å². The maximum Gasteiger partial charge on any atom is 0.0376 e. The second kappa shape index (κ2) is 2.93. The van der Waals surface area contributed by atoms with Crippen molar-refractivity contribution in [2.24, 2.45) is 6.55 Å². The van der Waals surface area contributed by atoms with Crippen LogP contribution in [-0.2, 0) is 6.55 Å². The molecular weight excluding hydrogens is 136 g/mol. The van der Waals surface area contributed by atoms with Gasteiger partial charge in [0.15, 0.2) is 0 Å². The van der Waals surface area contributed by atoms with Crippen molar-refractivity contribution < 1.29 is 0 Å². The minimum Gasteiger partial charge on any atom is -0.0985 e. The summed E-state index contributed by atoms with van der Waals surface area (Å²) < 4.78 is 0. The highest BCUT2D eigenvalue weighted by atomic mass is 28.2. The van der Waals surface area contributed by atoms with E-state index < -0.39 is 0 Å². The van der Waals surface area contributed by atoms with E-state index in [1.54, 1.807) is 0 Å². The molecule has 0 fully saturated rings. The lowest BCUT2D eigenvalue weighted by molar-refractivity contribution is 1.53. The van der Waals surface area contributed by atoms with E-state index in [1.807, 2.05) is 6.08 Å². The van der Waals surface area contributed by atoms with Gasteiger partial charge in [0.25, 0.3) is 0 Å². The van der Waals surface area contributed by atoms with Gasteiger partial charge in [0.05, 0.1) is 0 Å². The van der Waals surface area contributed by atoms with Crippen LogP contribution in [0.2, 0.25) is 0 Å². The molecule has 1 heterocycles. The van der Waals surface area contributed by atoms with Crippen LogP contribution in [0.15, 0.2) is 24.4 Å². The van der Waals surface area contributed by atoms with E-state index in [1.165, 1.54) is 10.7 Å². The van der Waals surface area contributed by atoms with Gasteiger partial charge in [-0.1, -0.05) is 42.2 Å². The number of aryl methyl sites for hydroxylation is 1. The van der Waals surface area contributed by atoms with E-state index in [2.05, 4.69) is 37.9 Å². The molecule has 0 N–H and O–H groups in total. The van der Waals surface area contributed by atoms with Gasteiger partial charge in [-0.2, -0.15) is 0 Å². The molecule has 10 heavy (non-hydrogen) atoms. The first-order valence-electron chi connectivity index (χ1n) is 3.44. The Balaban J connectivity index is 3.27. The van der Waals surface area contributed by atoms with Crippen LogP contribution in [0.4, 0.5) is 0 Å². The molecule has 0 aliphatic carbocycles. The van der Waals surface area contributed by atoms with Crippen LogP contribution in [0.5, 0.6) is 0 Å². The minimum absolute atomic E-state index is 0.335. The molecule has 1 aromatic heterocycles. The van der Waals surface area contributed by atoms with E-state index in [-0.39, 0.29) is 8.40 Å². The Morgan fingerprint density at radius 2 is 2.30 bits per heavy atom. The molecule has 1 heteroatoms. The fraction of sp³-hybridized carbons (Fsp3) is 0.222. The average molecular weight is 148 g/mol. The monoisotopic (exact) mass is 148 g/mol. The smallest absolute Gasteiger partial charge is 0.0376 e. The third-order valence-electron chi connectivity index (χ3n) is 1.87. The Morgan fingerprint density at radius 3 is 2.80 bits per heavy atom. The largest absolute Gasteiger partial charge is 0.0985 e. The van der Waals surface area contributed by atoms with Gasteiger partial charge in [0.1, 0.15) is 0 Å². The number of hydrogen-bond donors (Lipinski definition) is 0. The molecule has 1 rings (SSSR count). The first-order valence-corrected chi connectivity index (χ1v) is 5.52. The fourth-order valence-electron chi connectivity index (χ4n) is 0.995. The molecule has 0 amide bonds. The van der Waals surface area contributed by atoms with Crippen molar-refractivity contribution in [3.63, 3.8) is 0 Å². The third-order valence-corrected chi connectivity index (χ3v) is 4.03. The van der Waals surface area contributed by atoms with Gasteiger partial charge in [0.2, 0.25) is 0 Å². The fourth-order valence-corrected chi connectivity index (χ4v) is 2.27. The Bertz CT molecular complexity index is 251. The van der Waals surface area contributed by atoms with Crippen molar-refractivity contribution in [3.8, 4) is 0 Å². The lowest BCUT2D eigenvalue weighted by atomic mass is 10.2.